The van der Waals surface area contributed by atoms with E-state index in [9.17, 15) is 0 Å². The van der Waals surface area contributed by atoms with Crippen molar-refractivity contribution in [2.75, 3.05) is 37.4 Å². The smallest absolute Gasteiger partial charge is 0.154 e. The van der Waals surface area contributed by atoms with Crippen LogP contribution in [0.5, 0.6) is 0 Å². The van der Waals surface area contributed by atoms with Crippen LogP contribution in [-0.2, 0) is 4.74 Å². The number of nitrogens with two attached hydrogens (primary N) is 1. The maximum absolute atomic E-state index is 5.83. The van der Waals surface area contributed by atoms with Gasteiger partial charge >= 0.3 is 0 Å². The monoisotopic (exact) mass is 222 g/mol. The molecule has 5 nitrogen and oxygen atoms in total. The first-order valence-corrected chi connectivity index (χ1v) is 5.61. The third kappa shape index (κ3) is 2.61. The van der Waals surface area contributed by atoms with Crippen LogP contribution in [0, 0.1) is 5.92 Å². The van der Waals surface area contributed by atoms with E-state index in [2.05, 4.69) is 14.9 Å². The first-order valence-electron chi connectivity index (χ1n) is 5.61. The molecule has 88 valence electrons. The molecule has 1 saturated heterocycles. The predicted molar refractivity (Wildman–Crippen MR) is 63.3 cm³/mol. The summed E-state index contributed by atoms with van der Waals surface area (Å²) in [5.41, 5.74) is 6.46. The van der Waals surface area contributed by atoms with Crippen molar-refractivity contribution in [3.05, 3.63) is 12.5 Å². The minimum Gasteiger partial charge on any atom is -0.394 e. The lowest BCUT2D eigenvalue weighted by Crippen LogP contribution is -2.31. The molecule has 1 aliphatic heterocycles. The third-order valence-electron chi connectivity index (χ3n) is 2.87. The standard InChI is InChI=1S/C11H18N4O/c1-15(6-9-3-2-4-16-7-9)11-10(12)5-13-8-14-11/h5,8-9H,2-4,6-7,12H2,1H3. The predicted octanol–water partition coefficient (Wildman–Crippen LogP) is 0.922. The molecule has 1 fully saturated rings. The van der Waals surface area contributed by atoms with Gasteiger partial charge in [0.05, 0.1) is 18.5 Å². The molecule has 2 heterocycles. The van der Waals surface area contributed by atoms with Crippen molar-refractivity contribution in [2.45, 2.75) is 12.8 Å². The van der Waals surface area contributed by atoms with Gasteiger partial charge in [0.15, 0.2) is 5.82 Å². The zero-order chi connectivity index (χ0) is 11.4. The molecule has 0 aliphatic carbocycles. The molecule has 1 atom stereocenters. The average Bonchev–Trinajstić information content (AvgIpc) is 2.31. The zero-order valence-electron chi connectivity index (χ0n) is 9.59. The zero-order valence-corrected chi connectivity index (χ0v) is 9.59. The number of hydrogen-bond acceptors (Lipinski definition) is 5. The molecule has 0 radical (unpaired) electrons. The molecular weight excluding hydrogens is 204 g/mol. The summed E-state index contributed by atoms with van der Waals surface area (Å²) < 4.78 is 5.46. The summed E-state index contributed by atoms with van der Waals surface area (Å²) in [7, 11) is 2.01. The van der Waals surface area contributed by atoms with Crippen molar-refractivity contribution in [1.29, 1.82) is 0 Å². The molecular formula is C11H18N4O. The van der Waals surface area contributed by atoms with Crippen LogP contribution in [0.4, 0.5) is 11.5 Å². The van der Waals surface area contributed by atoms with Gasteiger partial charge in [0.25, 0.3) is 0 Å². The van der Waals surface area contributed by atoms with E-state index in [4.69, 9.17) is 10.5 Å². The topological polar surface area (TPSA) is 64.3 Å². The normalized spacial score (nSPS) is 20.7. The highest BCUT2D eigenvalue weighted by Crippen LogP contribution is 2.20. The number of nitrogen functional groups attached to an aromatic ring is 1. The minimum atomic E-state index is 0.577. The summed E-state index contributed by atoms with van der Waals surface area (Å²) in [6.45, 7) is 2.67. The van der Waals surface area contributed by atoms with Gasteiger partial charge in [-0.1, -0.05) is 0 Å². The van der Waals surface area contributed by atoms with Crippen LogP contribution in [0.1, 0.15) is 12.8 Å². The molecule has 1 aliphatic rings. The lowest BCUT2D eigenvalue weighted by Gasteiger charge is -2.28. The Morgan fingerprint density at radius 3 is 3.19 bits per heavy atom. The van der Waals surface area contributed by atoms with Crippen molar-refractivity contribution >= 4 is 11.5 Å². The number of aromatic nitrogens is 2. The minimum absolute atomic E-state index is 0.577. The molecule has 0 amide bonds. The summed E-state index contributed by atoms with van der Waals surface area (Å²) in [5.74, 6) is 1.38. The van der Waals surface area contributed by atoms with Crippen molar-refractivity contribution in [1.82, 2.24) is 9.97 Å². The van der Waals surface area contributed by atoms with Crippen molar-refractivity contribution in [3.8, 4) is 0 Å². The van der Waals surface area contributed by atoms with Gasteiger partial charge in [-0.15, -0.1) is 0 Å². The maximum Gasteiger partial charge on any atom is 0.154 e. The third-order valence-corrected chi connectivity index (χ3v) is 2.87. The van der Waals surface area contributed by atoms with Gasteiger partial charge in [-0.05, 0) is 18.8 Å². The Labute approximate surface area is 95.6 Å². The van der Waals surface area contributed by atoms with E-state index < -0.39 is 0 Å². The SMILES string of the molecule is CN(CC1CCCOC1)c1ncncc1N. The van der Waals surface area contributed by atoms with E-state index in [-0.39, 0.29) is 0 Å². The largest absolute Gasteiger partial charge is 0.394 e. The summed E-state index contributed by atoms with van der Waals surface area (Å²) >= 11 is 0. The van der Waals surface area contributed by atoms with Crippen LogP contribution in [0.2, 0.25) is 0 Å². The Hall–Kier alpha value is -1.36. The summed E-state index contributed by atoms with van der Waals surface area (Å²) in [4.78, 5) is 10.2. The van der Waals surface area contributed by atoms with Gasteiger partial charge in [0, 0.05) is 20.2 Å². The van der Waals surface area contributed by atoms with E-state index in [1.54, 1.807) is 6.20 Å². The maximum atomic E-state index is 5.83. The van der Waals surface area contributed by atoms with Gasteiger partial charge < -0.3 is 15.4 Å². The van der Waals surface area contributed by atoms with Gasteiger partial charge in [-0.2, -0.15) is 0 Å². The van der Waals surface area contributed by atoms with E-state index in [0.29, 0.717) is 11.6 Å². The van der Waals surface area contributed by atoms with Crippen molar-refractivity contribution in [3.63, 3.8) is 0 Å². The fourth-order valence-corrected chi connectivity index (χ4v) is 2.08. The van der Waals surface area contributed by atoms with E-state index in [1.165, 1.54) is 12.7 Å². The molecule has 16 heavy (non-hydrogen) atoms. The second kappa shape index (κ2) is 5.12. The van der Waals surface area contributed by atoms with Gasteiger partial charge in [-0.25, -0.2) is 9.97 Å². The number of rotatable bonds is 3. The first-order chi connectivity index (χ1) is 7.77. The van der Waals surface area contributed by atoms with E-state index >= 15 is 0 Å². The number of hydrogen-bond donors (Lipinski definition) is 1. The van der Waals surface area contributed by atoms with Crippen molar-refractivity contribution < 1.29 is 4.74 Å². The fourth-order valence-electron chi connectivity index (χ4n) is 2.08. The Balaban J connectivity index is 1.96. The Morgan fingerprint density at radius 2 is 2.50 bits per heavy atom. The highest BCUT2D eigenvalue weighted by atomic mass is 16.5. The Kier molecular flexibility index (Phi) is 3.56. The number of nitrogens with zero attached hydrogens (tertiary/aromatic N) is 3. The summed E-state index contributed by atoms with van der Waals surface area (Å²) in [6.07, 6.45) is 5.53. The Morgan fingerprint density at radius 1 is 1.62 bits per heavy atom. The molecule has 0 saturated carbocycles. The second-order valence-electron chi connectivity index (χ2n) is 4.27. The molecule has 1 unspecified atom stereocenters. The lowest BCUT2D eigenvalue weighted by molar-refractivity contribution is 0.0576. The van der Waals surface area contributed by atoms with Gasteiger partial charge in [0.1, 0.15) is 6.33 Å². The van der Waals surface area contributed by atoms with Gasteiger partial charge in [0.2, 0.25) is 0 Å². The highest BCUT2D eigenvalue weighted by Gasteiger charge is 2.17. The van der Waals surface area contributed by atoms with E-state index in [1.807, 2.05) is 7.05 Å². The molecule has 1 aromatic rings. The number of ether oxygens (including phenoxy) is 1. The van der Waals surface area contributed by atoms with Crippen LogP contribution in [0.15, 0.2) is 12.5 Å². The lowest BCUT2D eigenvalue weighted by atomic mass is 10.0. The molecule has 2 rings (SSSR count). The van der Waals surface area contributed by atoms with Crippen LogP contribution < -0.4 is 10.6 Å². The van der Waals surface area contributed by atoms with Crippen LogP contribution in [0.3, 0.4) is 0 Å². The molecule has 5 heteroatoms. The second-order valence-corrected chi connectivity index (χ2v) is 4.27. The molecule has 0 spiro atoms. The average molecular weight is 222 g/mol. The number of anilines is 2. The molecule has 1 aromatic heterocycles. The fraction of sp³-hybridized carbons (Fsp3) is 0.636. The first kappa shape index (κ1) is 11.1. The summed E-state index contributed by atoms with van der Waals surface area (Å²) in [5, 5.41) is 0. The van der Waals surface area contributed by atoms with Gasteiger partial charge in [-0.3, -0.25) is 0 Å². The van der Waals surface area contributed by atoms with Crippen molar-refractivity contribution in [2.24, 2.45) is 5.92 Å². The van der Waals surface area contributed by atoms with E-state index in [0.717, 1.165) is 32.0 Å². The molecule has 0 bridgehead atoms. The molecule has 2 N–H and O–H groups in total. The van der Waals surface area contributed by atoms with Crippen LogP contribution in [-0.4, -0.2) is 36.8 Å². The highest BCUT2D eigenvalue weighted by molar-refractivity contribution is 5.60. The van der Waals surface area contributed by atoms with Crippen LogP contribution in [0.25, 0.3) is 0 Å². The van der Waals surface area contributed by atoms with Crippen LogP contribution >= 0.6 is 0 Å². The molecule has 0 aromatic carbocycles. The Bertz CT molecular complexity index is 339. The summed E-state index contributed by atoms with van der Waals surface area (Å²) in [6, 6.07) is 0. The quantitative estimate of drug-likeness (QED) is 0.824.